The van der Waals surface area contributed by atoms with Gasteiger partial charge in [0.15, 0.2) is 10.9 Å². The molecule has 1 aromatic heterocycles. The first-order valence-corrected chi connectivity index (χ1v) is 9.29. The number of likely N-dealkylation sites (tertiary alicyclic amines) is 1. The number of Topliss-reactive ketones (excluding diaryl/α,β-unsaturated/α-hetero) is 1. The average molecular weight is 367 g/mol. The monoisotopic (exact) mass is 367 g/mol. The summed E-state index contributed by atoms with van der Waals surface area (Å²) in [5.74, 6) is 0.814. The molecule has 1 saturated heterocycles. The molecular weight excluding hydrogens is 346 g/mol. The van der Waals surface area contributed by atoms with Crippen molar-refractivity contribution in [3.63, 3.8) is 0 Å². The van der Waals surface area contributed by atoms with Crippen molar-refractivity contribution in [1.29, 1.82) is 0 Å². The second kappa shape index (κ2) is 6.68. The van der Waals surface area contributed by atoms with Crippen LogP contribution in [-0.4, -0.2) is 33.5 Å². The number of aromatic nitrogens is 1. The van der Waals surface area contributed by atoms with Gasteiger partial charge in [0.05, 0.1) is 0 Å². The largest absolute Gasteiger partial charge is 0.348 e. The molecule has 134 valence electrons. The maximum absolute atomic E-state index is 12.1. The molecule has 1 aromatic carbocycles. The van der Waals surface area contributed by atoms with E-state index in [9.17, 15) is 9.59 Å². The molecule has 2 aliphatic heterocycles. The van der Waals surface area contributed by atoms with E-state index in [4.69, 9.17) is 12.2 Å². The average Bonchev–Trinajstić information content (AvgIpc) is 2.63. The Bertz CT molecular complexity index is 919. The number of benzene rings is 1. The normalized spacial score (nSPS) is 21.0. The van der Waals surface area contributed by atoms with Gasteiger partial charge in [0, 0.05) is 48.6 Å². The molecule has 2 atom stereocenters. The molecule has 26 heavy (non-hydrogen) atoms. The van der Waals surface area contributed by atoms with Crippen LogP contribution in [-0.2, 0) is 6.54 Å². The molecule has 5 nitrogen and oxygen atoms in total. The molecule has 2 aromatic rings. The first-order chi connectivity index (χ1) is 12.5. The molecular formula is C20H21N3O2S. The van der Waals surface area contributed by atoms with Crippen molar-refractivity contribution in [2.75, 3.05) is 18.4 Å². The minimum Gasteiger partial charge on any atom is -0.348 e. The zero-order valence-electron chi connectivity index (χ0n) is 14.6. The smallest absolute Gasteiger partial charge is 0.250 e. The molecule has 6 heteroatoms. The number of hydrogen-bond donors (Lipinski definition) is 1. The fourth-order valence-electron chi connectivity index (χ4n) is 4.05. The Labute approximate surface area is 157 Å². The lowest BCUT2D eigenvalue weighted by Crippen LogP contribution is -2.50. The number of thiocarbonyl (C=S) groups is 1. The van der Waals surface area contributed by atoms with Crippen molar-refractivity contribution in [2.24, 2.45) is 5.92 Å². The molecule has 4 rings (SSSR count). The van der Waals surface area contributed by atoms with Crippen molar-refractivity contribution in [3.05, 3.63) is 64.1 Å². The summed E-state index contributed by atoms with van der Waals surface area (Å²) in [4.78, 5) is 25.7. The highest BCUT2D eigenvalue weighted by molar-refractivity contribution is 7.80. The first kappa shape index (κ1) is 17.0. The van der Waals surface area contributed by atoms with Gasteiger partial charge in [-0.3, -0.25) is 9.59 Å². The molecule has 0 spiro atoms. The first-order valence-electron chi connectivity index (χ1n) is 8.88. The van der Waals surface area contributed by atoms with E-state index >= 15 is 0 Å². The summed E-state index contributed by atoms with van der Waals surface area (Å²) < 4.78 is 1.92. The lowest BCUT2D eigenvalue weighted by Gasteiger charge is -2.43. The Morgan fingerprint density at radius 2 is 1.88 bits per heavy atom. The highest BCUT2D eigenvalue weighted by Gasteiger charge is 2.35. The molecule has 0 saturated carbocycles. The van der Waals surface area contributed by atoms with Gasteiger partial charge >= 0.3 is 0 Å². The number of anilines is 1. The number of fused-ring (bicyclic) bond motifs is 4. The second-order valence-corrected chi connectivity index (χ2v) is 7.55. The maximum atomic E-state index is 12.1. The van der Waals surface area contributed by atoms with E-state index in [0.717, 1.165) is 37.4 Å². The van der Waals surface area contributed by atoms with Crippen LogP contribution in [0.3, 0.4) is 0 Å². The van der Waals surface area contributed by atoms with Crippen LogP contribution in [0.15, 0.2) is 47.3 Å². The Balaban J connectivity index is 1.49. The van der Waals surface area contributed by atoms with Crippen LogP contribution in [0.1, 0.15) is 35.3 Å². The predicted octanol–water partition coefficient (Wildman–Crippen LogP) is 2.87. The van der Waals surface area contributed by atoms with Gasteiger partial charge in [0.2, 0.25) is 0 Å². The Kier molecular flexibility index (Phi) is 4.36. The molecule has 0 radical (unpaired) electrons. The molecule has 1 N–H and O–H groups in total. The highest BCUT2D eigenvalue weighted by atomic mass is 32.1. The van der Waals surface area contributed by atoms with Crippen LogP contribution in [0.5, 0.6) is 0 Å². The van der Waals surface area contributed by atoms with Gasteiger partial charge in [-0.1, -0.05) is 6.07 Å². The Morgan fingerprint density at radius 3 is 2.62 bits per heavy atom. The van der Waals surface area contributed by atoms with Gasteiger partial charge in [-0.25, -0.2) is 0 Å². The van der Waals surface area contributed by atoms with Gasteiger partial charge in [-0.05, 0) is 61.8 Å². The van der Waals surface area contributed by atoms with Crippen molar-refractivity contribution in [2.45, 2.75) is 25.8 Å². The number of piperidine rings is 1. The van der Waals surface area contributed by atoms with Crippen LogP contribution in [0, 0.1) is 5.92 Å². The third-order valence-electron chi connectivity index (χ3n) is 5.31. The van der Waals surface area contributed by atoms with Gasteiger partial charge in [-0.15, -0.1) is 0 Å². The van der Waals surface area contributed by atoms with Crippen LogP contribution < -0.4 is 10.9 Å². The van der Waals surface area contributed by atoms with E-state index in [-0.39, 0.29) is 11.3 Å². The lowest BCUT2D eigenvalue weighted by molar-refractivity contribution is 0.101. The molecule has 0 unspecified atom stereocenters. The van der Waals surface area contributed by atoms with Crippen LogP contribution in [0.4, 0.5) is 5.69 Å². The number of nitrogens with one attached hydrogen (secondary N) is 1. The summed E-state index contributed by atoms with van der Waals surface area (Å²) in [6.45, 7) is 3.99. The van der Waals surface area contributed by atoms with Gasteiger partial charge in [0.1, 0.15) is 0 Å². The predicted molar refractivity (Wildman–Crippen MR) is 106 cm³/mol. The zero-order chi connectivity index (χ0) is 18.3. The SMILES string of the molecule is CC(=O)c1ccc(NC(=S)N2C[C@H]3C[C@H](C2)c2cccc(=O)n2C3)cc1. The number of carbonyl (C=O) groups excluding carboxylic acids is 1. The van der Waals surface area contributed by atoms with E-state index in [1.807, 2.05) is 22.8 Å². The standard InChI is InChI=1S/C20H21N3O2S/c1-13(24)15-5-7-17(8-6-15)21-20(26)22-10-14-9-16(12-22)18-3-2-4-19(25)23(18)11-14/h2-8,14,16H,9-12H2,1H3,(H,21,26)/t14-,16-/m1/s1. The van der Waals surface area contributed by atoms with E-state index < -0.39 is 0 Å². The lowest BCUT2D eigenvalue weighted by atomic mass is 9.83. The topological polar surface area (TPSA) is 54.3 Å². The summed E-state index contributed by atoms with van der Waals surface area (Å²) in [5, 5.41) is 3.98. The zero-order valence-corrected chi connectivity index (χ0v) is 15.5. The summed E-state index contributed by atoms with van der Waals surface area (Å²) in [7, 11) is 0. The third-order valence-corrected chi connectivity index (χ3v) is 5.67. The van der Waals surface area contributed by atoms with E-state index in [0.29, 0.717) is 22.5 Å². The van der Waals surface area contributed by atoms with Gasteiger partial charge in [0.25, 0.3) is 5.56 Å². The van der Waals surface area contributed by atoms with Gasteiger partial charge in [-0.2, -0.15) is 0 Å². The maximum Gasteiger partial charge on any atom is 0.250 e. The molecule has 1 fully saturated rings. The number of pyridine rings is 1. The van der Waals surface area contributed by atoms with E-state index in [1.165, 1.54) is 0 Å². The Morgan fingerprint density at radius 1 is 1.12 bits per heavy atom. The van der Waals surface area contributed by atoms with Gasteiger partial charge < -0.3 is 14.8 Å². The van der Waals surface area contributed by atoms with Crippen LogP contribution >= 0.6 is 12.2 Å². The quantitative estimate of drug-likeness (QED) is 0.653. The van der Waals surface area contributed by atoms with Crippen molar-refractivity contribution in [1.82, 2.24) is 9.47 Å². The van der Waals surface area contributed by atoms with Crippen molar-refractivity contribution in [3.8, 4) is 0 Å². The van der Waals surface area contributed by atoms with Crippen LogP contribution in [0.2, 0.25) is 0 Å². The molecule has 0 aliphatic carbocycles. The van der Waals surface area contributed by atoms with E-state index in [2.05, 4.69) is 16.3 Å². The second-order valence-electron chi connectivity index (χ2n) is 7.17. The van der Waals surface area contributed by atoms with Crippen molar-refractivity contribution >= 4 is 28.8 Å². The summed E-state index contributed by atoms with van der Waals surface area (Å²) in [6, 6.07) is 12.9. The number of rotatable bonds is 2. The summed E-state index contributed by atoms with van der Waals surface area (Å²) in [5.41, 5.74) is 2.78. The third kappa shape index (κ3) is 3.17. The molecule has 2 bridgehead atoms. The fraction of sp³-hybridized carbons (Fsp3) is 0.350. The minimum atomic E-state index is 0.0527. The summed E-state index contributed by atoms with van der Waals surface area (Å²) >= 11 is 5.62. The van der Waals surface area contributed by atoms with Crippen LogP contribution in [0.25, 0.3) is 0 Å². The van der Waals surface area contributed by atoms with Crippen molar-refractivity contribution < 1.29 is 4.79 Å². The summed E-state index contributed by atoms with van der Waals surface area (Å²) in [6.07, 6.45) is 1.11. The highest BCUT2D eigenvalue weighted by Crippen LogP contribution is 2.35. The number of ketones is 1. The fourth-order valence-corrected chi connectivity index (χ4v) is 4.32. The van der Waals surface area contributed by atoms with E-state index in [1.54, 1.807) is 25.1 Å². The Hall–Kier alpha value is -2.47. The minimum absolute atomic E-state index is 0.0527. The number of nitrogens with zero attached hydrogens (tertiary/aromatic N) is 2. The molecule has 0 amide bonds. The number of hydrogen-bond acceptors (Lipinski definition) is 3. The number of carbonyl (C=O) groups is 1. The molecule has 3 heterocycles. The molecule has 2 aliphatic rings.